The van der Waals surface area contributed by atoms with Gasteiger partial charge in [0.15, 0.2) is 6.23 Å². The SMILES string of the molecule is Oc1ccc2c(c1)N(O)C(O)CO2. The Bertz CT molecular complexity index is 328. The number of anilines is 1. The summed E-state index contributed by atoms with van der Waals surface area (Å²) >= 11 is 0. The van der Waals surface area contributed by atoms with Gasteiger partial charge in [0.05, 0.1) is 0 Å². The van der Waals surface area contributed by atoms with E-state index in [4.69, 9.17) is 9.84 Å². The third-order valence-electron chi connectivity index (χ3n) is 1.86. The summed E-state index contributed by atoms with van der Waals surface area (Å²) in [7, 11) is 0. The summed E-state index contributed by atoms with van der Waals surface area (Å²) in [6.45, 7) is 0.00821. The van der Waals surface area contributed by atoms with E-state index < -0.39 is 6.23 Å². The van der Waals surface area contributed by atoms with Crippen molar-refractivity contribution in [3.05, 3.63) is 18.2 Å². The molecule has 5 nitrogen and oxygen atoms in total. The average molecular weight is 183 g/mol. The van der Waals surface area contributed by atoms with Crippen LogP contribution in [0.2, 0.25) is 0 Å². The maximum atomic E-state index is 9.35. The van der Waals surface area contributed by atoms with Crippen LogP contribution in [0, 0.1) is 0 Å². The number of rotatable bonds is 0. The Morgan fingerprint density at radius 2 is 2.23 bits per heavy atom. The second-order valence-electron chi connectivity index (χ2n) is 2.79. The molecule has 1 aliphatic heterocycles. The molecule has 0 amide bonds. The Morgan fingerprint density at radius 3 is 3.00 bits per heavy atom. The summed E-state index contributed by atoms with van der Waals surface area (Å²) in [5.41, 5.74) is 0.263. The molecule has 2 rings (SSSR count). The molecule has 0 spiro atoms. The number of hydrogen-bond donors (Lipinski definition) is 3. The summed E-state index contributed by atoms with van der Waals surface area (Å²) < 4.78 is 5.10. The lowest BCUT2D eigenvalue weighted by atomic mass is 10.2. The third kappa shape index (κ3) is 1.28. The minimum atomic E-state index is -1.09. The van der Waals surface area contributed by atoms with Gasteiger partial charge in [-0.3, -0.25) is 5.21 Å². The topological polar surface area (TPSA) is 73.2 Å². The number of phenolic OH excluding ortho intramolecular Hbond substituents is 1. The highest BCUT2D eigenvalue weighted by Crippen LogP contribution is 2.34. The van der Waals surface area contributed by atoms with E-state index in [1.807, 2.05) is 0 Å². The van der Waals surface area contributed by atoms with E-state index in [0.717, 1.165) is 0 Å². The van der Waals surface area contributed by atoms with E-state index in [1.165, 1.54) is 18.2 Å². The summed E-state index contributed by atoms with van der Waals surface area (Å²) in [4.78, 5) is 0. The van der Waals surface area contributed by atoms with Gasteiger partial charge in [0.2, 0.25) is 0 Å². The average Bonchev–Trinajstić information content (AvgIpc) is 2.12. The van der Waals surface area contributed by atoms with Crippen LogP contribution in [0.25, 0.3) is 0 Å². The van der Waals surface area contributed by atoms with E-state index in [0.29, 0.717) is 10.8 Å². The molecule has 5 heteroatoms. The first-order valence-electron chi connectivity index (χ1n) is 3.80. The van der Waals surface area contributed by atoms with Gasteiger partial charge in [-0.25, -0.2) is 5.06 Å². The van der Waals surface area contributed by atoms with E-state index in [2.05, 4.69) is 0 Å². The van der Waals surface area contributed by atoms with Gasteiger partial charge in [-0.15, -0.1) is 0 Å². The molecule has 13 heavy (non-hydrogen) atoms. The molecule has 1 aliphatic rings. The van der Waals surface area contributed by atoms with Crippen LogP contribution in [-0.2, 0) is 0 Å². The predicted octanol–water partition coefficient (Wildman–Crippen LogP) is 0.299. The molecule has 0 fully saturated rings. The lowest BCUT2D eigenvalue weighted by molar-refractivity contribution is 0.0167. The van der Waals surface area contributed by atoms with Gasteiger partial charge in [0.25, 0.3) is 0 Å². The summed E-state index contributed by atoms with van der Waals surface area (Å²) in [6, 6.07) is 4.29. The first-order chi connectivity index (χ1) is 6.18. The van der Waals surface area contributed by atoms with Gasteiger partial charge < -0.3 is 14.9 Å². The number of nitrogens with zero attached hydrogens (tertiary/aromatic N) is 1. The van der Waals surface area contributed by atoms with Crippen molar-refractivity contribution < 1.29 is 20.2 Å². The van der Waals surface area contributed by atoms with Gasteiger partial charge in [0, 0.05) is 6.07 Å². The van der Waals surface area contributed by atoms with E-state index in [9.17, 15) is 10.3 Å². The minimum Gasteiger partial charge on any atom is -0.508 e. The fourth-order valence-corrected chi connectivity index (χ4v) is 1.20. The number of aromatic hydroxyl groups is 1. The predicted molar refractivity (Wildman–Crippen MR) is 43.9 cm³/mol. The number of hydroxylamine groups is 1. The molecule has 0 saturated heterocycles. The second kappa shape index (κ2) is 2.79. The van der Waals surface area contributed by atoms with Crippen molar-refractivity contribution in [2.45, 2.75) is 6.23 Å². The van der Waals surface area contributed by atoms with Crippen LogP contribution in [0.4, 0.5) is 5.69 Å². The second-order valence-corrected chi connectivity index (χ2v) is 2.79. The van der Waals surface area contributed by atoms with Gasteiger partial charge >= 0.3 is 0 Å². The quantitative estimate of drug-likeness (QED) is 0.539. The van der Waals surface area contributed by atoms with Crippen molar-refractivity contribution >= 4 is 5.69 Å². The first kappa shape index (κ1) is 8.15. The third-order valence-corrected chi connectivity index (χ3v) is 1.86. The van der Waals surface area contributed by atoms with Crippen LogP contribution in [0.3, 0.4) is 0 Å². The highest BCUT2D eigenvalue weighted by molar-refractivity contribution is 5.61. The van der Waals surface area contributed by atoms with Crippen molar-refractivity contribution in [2.24, 2.45) is 0 Å². The van der Waals surface area contributed by atoms with E-state index >= 15 is 0 Å². The molecule has 0 aliphatic carbocycles. The molecule has 0 saturated carbocycles. The number of fused-ring (bicyclic) bond motifs is 1. The number of ether oxygens (including phenoxy) is 1. The highest BCUT2D eigenvalue weighted by Gasteiger charge is 2.24. The Labute approximate surface area is 74.4 Å². The van der Waals surface area contributed by atoms with Crippen LogP contribution >= 0.6 is 0 Å². The highest BCUT2D eigenvalue weighted by atomic mass is 16.6. The van der Waals surface area contributed by atoms with Gasteiger partial charge in [-0.1, -0.05) is 0 Å². The Balaban J connectivity index is 2.45. The maximum absolute atomic E-state index is 9.35. The van der Waals surface area contributed by atoms with Crippen molar-refractivity contribution in [1.82, 2.24) is 0 Å². The summed E-state index contributed by atoms with van der Waals surface area (Å²) in [5, 5.41) is 28.3. The van der Waals surface area contributed by atoms with Gasteiger partial charge in [-0.05, 0) is 12.1 Å². The Morgan fingerprint density at radius 1 is 1.46 bits per heavy atom. The Kier molecular flexibility index (Phi) is 1.75. The molecule has 1 aromatic carbocycles. The fourth-order valence-electron chi connectivity index (χ4n) is 1.20. The van der Waals surface area contributed by atoms with E-state index in [-0.39, 0.29) is 18.0 Å². The zero-order valence-corrected chi connectivity index (χ0v) is 6.71. The molecule has 1 aromatic rings. The maximum Gasteiger partial charge on any atom is 0.185 e. The van der Waals surface area contributed by atoms with Crippen LogP contribution in [0.15, 0.2) is 18.2 Å². The molecule has 0 radical (unpaired) electrons. The van der Waals surface area contributed by atoms with Gasteiger partial charge in [0.1, 0.15) is 23.8 Å². The minimum absolute atomic E-state index is 0.00821. The van der Waals surface area contributed by atoms with Crippen LogP contribution in [0.5, 0.6) is 11.5 Å². The number of phenols is 1. The van der Waals surface area contributed by atoms with Crippen LogP contribution in [-0.4, -0.2) is 28.3 Å². The lowest BCUT2D eigenvalue weighted by Gasteiger charge is -2.30. The van der Waals surface area contributed by atoms with Crippen molar-refractivity contribution in [1.29, 1.82) is 0 Å². The van der Waals surface area contributed by atoms with Gasteiger partial charge in [-0.2, -0.15) is 0 Å². The van der Waals surface area contributed by atoms with E-state index in [1.54, 1.807) is 0 Å². The molecule has 70 valence electrons. The Hall–Kier alpha value is -1.46. The zero-order valence-electron chi connectivity index (χ0n) is 6.71. The smallest absolute Gasteiger partial charge is 0.185 e. The van der Waals surface area contributed by atoms with Crippen molar-refractivity contribution in [2.75, 3.05) is 11.7 Å². The largest absolute Gasteiger partial charge is 0.508 e. The molecule has 3 N–H and O–H groups in total. The number of benzene rings is 1. The number of hydrogen-bond acceptors (Lipinski definition) is 5. The zero-order chi connectivity index (χ0) is 9.42. The van der Waals surface area contributed by atoms with Crippen LogP contribution < -0.4 is 9.80 Å². The van der Waals surface area contributed by atoms with Crippen molar-refractivity contribution in [3.63, 3.8) is 0 Å². The first-order valence-corrected chi connectivity index (χ1v) is 3.80. The summed E-state index contributed by atoms with van der Waals surface area (Å²) in [6.07, 6.45) is -1.09. The molecular weight excluding hydrogens is 174 g/mol. The molecule has 1 atom stereocenters. The molecule has 0 bridgehead atoms. The van der Waals surface area contributed by atoms with Crippen LogP contribution in [0.1, 0.15) is 0 Å². The molecule has 1 heterocycles. The molecule has 1 unspecified atom stereocenters. The molecular formula is C8H9NO4. The molecule has 0 aromatic heterocycles. The standard InChI is InChI=1S/C8H9NO4/c10-5-1-2-7-6(3-5)9(12)8(11)4-13-7/h1-3,8,10-12H,4H2. The fraction of sp³-hybridized carbons (Fsp3) is 0.250. The van der Waals surface area contributed by atoms with Crippen molar-refractivity contribution in [3.8, 4) is 11.5 Å². The monoisotopic (exact) mass is 183 g/mol. The number of aliphatic hydroxyl groups is 1. The normalized spacial score (nSPS) is 20.8. The lowest BCUT2D eigenvalue weighted by Crippen LogP contribution is -2.40. The number of aliphatic hydroxyl groups excluding tert-OH is 1. The summed E-state index contributed by atoms with van der Waals surface area (Å²) in [5.74, 6) is 0.445.